The number of allylic oxidation sites excluding steroid dienone is 1. The monoisotopic (exact) mass is 282 g/mol. The average molecular weight is 283 g/mol. The zero-order valence-electron chi connectivity index (χ0n) is 10.6. The third-order valence-corrected chi connectivity index (χ3v) is 2.74. The van der Waals surface area contributed by atoms with E-state index in [1.54, 1.807) is 37.3 Å². The first-order chi connectivity index (χ1) is 9.06. The minimum atomic E-state index is -1.01. The molecule has 1 aromatic rings. The molecule has 1 unspecified atom stereocenters. The normalized spacial score (nSPS) is 11.5. The highest BCUT2D eigenvalue weighted by Crippen LogP contribution is 2.11. The molecule has 0 aliphatic rings. The summed E-state index contributed by atoms with van der Waals surface area (Å²) in [6.45, 7) is 5.26. The zero-order chi connectivity index (χ0) is 14.3. The predicted molar refractivity (Wildman–Crippen MR) is 72.1 cm³/mol. The molecule has 0 radical (unpaired) electrons. The molecule has 1 aromatic carbocycles. The minimum absolute atomic E-state index is 0.157. The molecule has 4 nitrogen and oxygen atoms in total. The van der Waals surface area contributed by atoms with Crippen LogP contribution in [0.2, 0.25) is 0 Å². The van der Waals surface area contributed by atoms with Crippen LogP contribution in [0.15, 0.2) is 42.7 Å². The number of benzene rings is 1. The Morgan fingerprint density at radius 1 is 1.26 bits per heavy atom. The van der Waals surface area contributed by atoms with Crippen LogP contribution in [0.3, 0.4) is 0 Å². The standard InChI is InChI=1S/C14H15ClO4/c1-3-18-10(2)13(15)12(16)9-19-14(17)11-7-5-4-6-8-11/h4-8,13H,2-3,9H2,1H3. The van der Waals surface area contributed by atoms with E-state index in [4.69, 9.17) is 21.1 Å². The first kappa shape index (κ1) is 15.2. The molecule has 0 saturated carbocycles. The van der Waals surface area contributed by atoms with E-state index in [-0.39, 0.29) is 5.76 Å². The summed E-state index contributed by atoms with van der Waals surface area (Å²) in [5.41, 5.74) is 0.380. The van der Waals surface area contributed by atoms with Crippen molar-refractivity contribution in [2.45, 2.75) is 12.3 Å². The molecule has 5 heteroatoms. The molecule has 19 heavy (non-hydrogen) atoms. The van der Waals surface area contributed by atoms with Crippen molar-refractivity contribution >= 4 is 23.4 Å². The van der Waals surface area contributed by atoms with Crippen molar-refractivity contribution < 1.29 is 19.1 Å². The van der Waals surface area contributed by atoms with E-state index in [1.165, 1.54) is 0 Å². The van der Waals surface area contributed by atoms with Crippen LogP contribution in [-0.2, 0) is 14.3 Å². The zero-order valence-corrected chi connectivity index (χ0v) is 11.4. The van der Waals surface area contributed by atoms with Crippen molar-refractivity contribution in [2.75, 3.05) is 13.2 Å². The Hall–Kier alpha value is -1.81. The van der Waals surface area contributed by atoms with Crippen LogP contribution in [0.25, 0.3) is 0 Å². The fraction of sp³-hybridized carbons (Fsp3) is 0.286. The van der Waals surface area contributed by atoms with Gasteiger partial charge < -0.3 is 9.47 Å². The summed E-state index contributed by atoms with van der Waals surface area (Å²) in [6.07, 6.45) is 0. The topological polar surface area (TPSA) is 52.6 Å². The van der Waals surface area contributed by atoms with Gasteiger partial charge in [0.1, 0.15) is 5.76 Å². The lowest BCUT2D eigenvalue weighted by Crippen LogP contribution is -2.24. The van der Waals surface area contributed by atoms with Gasteiger partial charge in [-0.3, -0.25) is 4.79 Å². The summed E-state index contributed by atoms with van der Waals surface area (Å²) < 4.78 is 9.90. The Morgan fingerprint density at radius 3 is 2.47 bits per heavy atom. The molecule has 0 saturated heterocycles. The van der Waals surface area contributed by atoms with Crippen molar-refractivity contribution in [1.82, 2.24) is 0 Å². The molecular formula is C14H15ClO4. The second-order valence-electron chi connectivity index (χ2n) is 3.67. The smallest absolute Gasteiger partial charge is 0.338 e. The number of halogens is 1. The van der Waals surface area contributed by atoms with Crippen LogP contribution < -0.4 is 0 Å². The van der Waals surface area contributed by atoms with Crippen LogP contribution in [0.4, 0.5) is 0 Å². The first-order valence-corrected chi connectivity index (χ1v) is 6.20. The van der Waals surface area contributed by atoms with Gasteiger partial charge in [-0.1, -0.05) is 24.8 Å². The highest BCUT2D eigenvalue weighted by Gasteiger charge is 2.21. The molecule has 0 spiro atoms. The number of alkyl halides is 1. The highest BCUT2D eigenvalue weighted by atomic mass is 35.5. The van der Waals surface area contributed by atoms with Crippen LogP contribution >= 0.6 is 11.6 Å². The van der Waals surface area contributed by atoms with Gasteiger partial charge in [-0.25, -0.2) is 4.79 Å². The Morgan fingerprint density at radius 2 is 1.89 bits per heavy atom. The molecule has 1 atom stereocenters. The quantitative estimate of drug-likeness (QED) is 0.438. The number of rotatable bonds is 7. The lowest BCUT2D eigenvalue weighted by Gasteiger charge is -2.12. The molecule has 1 rings (SSSR count). The van der Waals surface area contributed by atoms with Gasteiger partial charge in [-0.05, 0) is 19.1 Å². The largest absolute Gasteiger partial charge is 0.497 e. The molecule has 0 aliphatic heterocycles. The highest BCUT2D eigenvalue weighted by molar-refractivity contribution is 6.33. The van der Waals surface area contributed by atoms with Gasteiger partial charge in [0.2, 0.25) is 0 Å². The molecule has 0 aromatic heterocycles. The maximum atomic E-state index is 11.6. The number of hydrogen-bond donors (Lipinski definition) is 0. The summed E-state index contributed by atoms with van der Waals surface area (Å²) in [4.78, 5) is 23.2. The van der Waals surface area contributed by atoms with Crippen molar-refractivity contribution in [1.29, 1.82) is 0 Å². The molecule has 0 N–H and O–H groups in total. The third kappa shape index (κ3) is 4.75. The Bertz CT molecular complexity index is 456. The predicted octanol–water partition coefficient (Wildman–Crippen LogP) is 2.57. The summed E-state index contributed by atoms with van der Waals surface area (Å²) in [5, 5.41) is -1.01. The number of hydrogen-bond acceptors (Lipinski definition) is 4. The van der Waals surface area contributed by atoms with E-state index in [1.807, 2.05) is 0 Å². The number of esters is 1. The third-order valence-electron chi connectivity index (χ3n) is 2.25. The maximum absolute atomic E-state index is 11.6. The van der Waals surface area contributed by atoms with Crippen molar-refractivity contribution in [3.05, 3.63) is 48.2 Å². The van der Waals surface area contributed by atoms with Gasteiger partial charge in [0.25, 0.3) is 0 Å². The van der Waals surface area contributed by atoms with Gasteiger partial charge in [0, 0.05) is 0 Å². The number of carbonyl (C=O) groups is 2. The lowest BCUT2D eigenvalue weighted by atomic mass is 10.2. The molecule has 0 heterocycles. The van der Waals surface area contributed by atoms with E-state index >= 15 is 0 Å². The van der Waals surface area contributed by atoms with Gasteiger partial charge in [-0.2, -0.15) is 0 Å². The second kappa shape index (κ2) is 7.59. The van der Waals surface area contributed by atoms with E-state index in [9.17, 15) is 9.59 Å². The van der Waals surface area contributed by atoms with Gasteiger partial charge in [-0.15, -0.1) is 11.6 Å². The van der Waals surface area contributed by atoms with Crippen LogP contribution in [0.1, 0.15) is 17.3 Å². The van der Waals surface area contributed by atoms with Crippen LogP contribution in [0, 0.1) is 0 Å². The molecule has 0 bridgehead atoms. The average Bonchev–Trinajstić information content (AvgIpc) is 2.44. The van der Waals surface area contributed by atoms with Crippen molar-refractivity contribution in [3.8, 4) is 0 Å². The molecule has 102 valence electrons. The Balaban J connectivity index is 2.46. The summed E-state index contributed by atoms with van der Waals surface area (Å²) in [7, 11) is 0. The number of carbonyl (C=O) groups excluding carboxylic acids is 2. The lowest BCUT2D eigenvalue weighted by molar-refractivity contribution is -0.121. The minimum Gasteiger partial charge on any atom is -0.497 e. The van der Waals surface area contributed by atoms with Crippen LogP contribution in [-0.4, -0.2) is 30.3 Å². The van der Waals surface area contributed by atoms with Gasteiger partial charge >= 0.3 is 5.97 Å². The van der Waals surface area contributed by atoms with E-state index in [0.717, 1.165) is 0 Å². The van der Waals surface area contributed by atoms with Crippen molar-refractivity contribution in [2.24, 2.45) is 0 Å². The van der Waals surface area contributed by atoms with Crippen molar-refractivity contribution in [3.63, 3.8) is 0 Å². The number of ketones is 1. The summed E-state index contributed by atoms with van der Waals surface area (Å²) in [6, 6.07) is 8.40. The van der Waals surface area contributed by atoms with E-state index in [0.29, 0.717) is 12.2 Å². The summed E-state index contributed by atoms with van der Waals surface area (Å²) >= 11 is 5.82. The fourth-order valence-electron chi connectivity index (χ4n) is 1.31. The van der Waals surface area contributed by atoms with Gasteiger partial charge in [0.05, 0.1) is 12.2 Å². The van der Waals surface area contributed by atoms with E-state index < -0.39 is 23.7 Å². The Kier molecular flexibility index (Phi) is 6.09. The molecular weight excluding hydrogens is 268 g/mol. The van der Waals surface area contributed by atoms with Gasteiger partial charge in [0.15, 0.2) is 17.8 Å². The first-order valence-electron chi connectivity index (χ1n) is 5.76. The number of ether oxygens (including phenoxy) is 2. The molecule has 0 fully saturated rings. The van der Waals surface area contributed by atoms with Crippen LogP contribution in [0.5, 0.6) is 0 Å². The SMILES string of the molecule is C=C(OCC)C(Cl)C(=O)COC(=O)c1ccccc1. The summed E-state index contributed by atoms with van der Waals surface area (Å²) in [5.74, 6) is -0.880. The molecule has 0 aliphatic carbocycles. The van der Waals surface area contributed by atoms with E-state index in [2.05, 4.69) is 6.58 Å². The fourth-order valence-corrected chi connectivity index (χ4v) is 1.43. The maximum Gasteiger partial charge on any atom is 0.338 e. The number of Topliss-reactive ketones (excluding diaryl/α,β-unsaturated/α-hetero) is 1. The molecule has 0 amide bonds. The Labute approximate surface area is 117 Å². The second-order valence-corrected chi connectivity index (χ2v) is 4.11.